The Kier molecular flexibility index (Phi) is 7.32. The minimum Gasteiger partial charge on any atom is -0.384 e. The number of anilines is 1. The van der Waals surface area contributed by atoms with Gasteiger partial charge in [-0.25, -0.2) is 0 Å². The van der Waals surface area contributed by atoms with Crippen LogP contribution in [0.1, 0.15) is 22.3 Å². The normalized spacial score (nSPS) is 12.9. The molecular weight excluding hydrogens is 391 g/mol. The van der Waals surface area contributed by atoms with E-state index in [0.717, 1.165) is 36.3 Å². The van der Waals surface area contributed by atoms with E-state index in [-0.39, 0.29) is 31.4 Å². The van der Waals surface area contributed by atoms with Crippen molar-refractivity contribution in [1.29, 1.82) is 0 Å². The average molecular weight is 414 g/mol. The van der Waals surface area contributed by atoms with Crippen molar-refractivity contribution in [1.82, 2.24) is 10.2 Å². The van der Waals surface area contributed by atoms with Gasteiger partial charge in [-0.3, -0.25) is 9.69 Å². The Morgan fingerprint density at radius 2 is 1.93 bits per heavy atom. The second-order valence-corrected chi connectivity index (χ2v) is 6.64. The summed E-state index contributed by atoms with van der Waals surface area (Å²) in [5.41, 5.74) is 3.19. The number of carbonyl (C=O) groups is 1. The summed E-state index contributed by atoms with van der Waals surface area (Å²) in [6.07, 6.45) is -3.43. The lowest BCUT2D eigenvalue weighted by atomic mass is 10.1. The number of para-hydroxylation sites is 1. The zero-order valence-electron chi connectivity index (χ0n) is 15.5. The van der Waals surface area contributed by atoms with Crippen LogP contribution in [0, 0.1) is 0 Å². The summed E-state index contributed by atoms with van der Waals surface area (Å²) in [4.78, 5) is 13.8. The van der Waals surface area contributed by atoms with E-state index < -0.39 is 11.7 Å². The molecule has 3 rings (SSSR count). The number of fused-ring (bicyclic) bond motifs is 1. The van der Waals surface area contributed by atoms with E-state index in [1.807, 2.05) is 17.0 Å². The highest BCUT2D eigenvalue weighted by Gasteiger charge is 2.30. The fourth-order valence-electron chi connectivity index (χ4n) is 3.34. The van der Waals surface area contributed by atoms with Crippen LogP contribution < -0.4 is 10.6 Å². The first-order valence-corrected chi connectivity index (χ1v) is 8.80. The third-order valence-corrected chi connectivity index (χ3v) is 4.63. The Morgan fingerprint density at radius 3 is 2.64 bits per heavy atom. The molecule has 8 heteroatoms. The van der Waals surface area contributed by atoms with Crippen molar-refractivity contribution in [2.24, 2.45) is 0 Å². The van der Waals surface area contributed by atoms with E-state index in [0.29, 0.717) is 12.1 Å². The number of carbonyl (C=O) groups excluding carboxylic acids is 1. The molecule has 1 aliphatic heterocycles. The Hall–Kier alpha value is -2.25. The largest absolute Gasteiger partial charge is 0.416 e. The topological polar surface area (TPSA) is 44.4 Å². The molecule has 1 amide bonds. The van der Waals surface area contributed by atoms with Crippen molar-refractivity contribution < 1.29 is 18.0 Å². The molecule has 0 aromatic heterocycles. The molecule has 0 spiro atoms. The van der Waals surface area contributed by atoms with Crippen LogP contribution in [0.2, 0.25) is 0 Å². The number of amides is 1. The first-order chi connectivity index (χ1) is 12.9. The van der Waals surface area contributed by atoms with Gasteiger partial charge in [-0.2, -0.15) is 13.2 Å². The van der Waals surface area contributed by atoms with Gasteiger partial charge in [-0.1, -0.05) is 36.4 Å². The minimum absolute atomic E-state index is 0. The van der Waals surface area contributed by atoms with Gasteiger partial charge in [0.2, 0.25) is 5.91 Å². The Balaban J connectivity index is 0.00000280. The van der Waals surface area contributed by atoms with Crippen molar-refractivity contribution in [2.75, 3.05) is 25.5 Å². The maximum Gasteiger partial charge on any atom is 0.416 e. The fourth-order valence-corrected chi connectivity index (χ4v) is 3.34. The molecule has 2 aromatic rings. The van der Waals surface area contributed by atoms with Crippen LogP contribution >= 0.6 is 12.4 Å². The first-order valence-electron chi connectivity index (χ1n) is 8.80. The fraction of sp³-hybridized carbons (Fsp3) is 0.350. The summed E-state index contributed by atoms with van der Waals surface area (Å²) in [7, 11) is 1.55. The zero-order chi connectivity index (χ0) is 19.4. The van der Waals surface area contributed by atoms with Crippen molar-refractivity contribution in [3.8, 4) is 0 Å². The molecule has 0 unspecified atom stereocenters. The smallest absolute Gasteiger partial charge is 0.384 e. The standard InChI is InChI=1S/C20H22F3N3O.ClH/c1-24-18(27)13-26(11-14-4-2-7-17(10-14)20(21,22)23)12-16-6-3-5-15-8-9-25-19(15)16;/h2-7,10,25H,8-9,11-13H2,1H3,(H,24,27);1H. The van der Waals surface area contributed by atoms with Gasteiger partial charge < -0.3 is 10.6 Å². The highest BCUT2D eigenvalue weighted by Crippen LogP contribution is 2.30. The van der Waals surface area contributed by atoms with E-state index >= 15 is 0 Å². The molecule has 0 atom stereocenters. The zero-order valence-corrected chi connectivity index (χ0v) is 16.3. The molecule has 1 heterocycles. The molecule has 4 nitrogen and oxygen atoms in total. The monoisotopic (exact) mass is 413 g/mol. The highest BCUT2D eigenvalue weighted by atomic mass is 35.5. The number of hydrogen-bond acceptors (Lipinski definition) is 3. The Labute approximate surface area is 168 Å². The number of halogens is 4. The lowest BCUT2D eigenvalue weighted by Gasteiger charge is -2.23. The van der Waals surface area contributed by atoms with E-state index in [1.54, 1.807) is 13.1 Å². The van der Waals surface area contributed by atoms with Gasteiger partial charge >= 0.3 is 6.18 Å². The SMILES string of the molecule is CNC(=O)CN(Cc1cccc(C(F)(F)F)c1)Cc1cccc2c1NCC2.Cl. The van der Waals surface area contributed by atoms with Gasteiger partial charge in [-0.15, -0.1) is 12.4 Å². The van der Waals surface area contributed by atoms with Gasteiger partial charge in [-0.05, 0) is 29.2 Å². The third kappa shape index (κ3) is 5.39. The molecule has 152 valence electrons. The maximum absolute atomic E-state index is 13.0. The van der Waals surface area contributed by atoms with Crippen molar-refractivity contribution in [3.63, 3.8) is 0 Å². The number of hydrogen-bond donors (Lipinski definition) is 2. The molecule has 0 fully saturated rings. The van der Waals surface area contributed by atoms with Gasteiger partial charge in [0.25, 0.3) is 0 Å². The molecule has 1 aliphatic rings. The number of likely N-dealkylation sites (N-methyl/N-ethyl adjacent to an activating group) is 1. The van der Waals surface area contributed by atoms with Gasteiger partial charge in [0.15, 0.2) is 0 Å². The number of nitrogens with one attached hydrogen (secondary N) is 2. The molecule has 0 saturated heterocycles. The summed E-state index contributed by atoms with van der Waals surface area (Å²) in [5.74, 6) is -0.178. The molecule has 0 radical (unpaired) electrons. The Morgan fingerprint density at radius 1 is 1.18 bits per heavy atom. The van der Waals surface area contributed by atoms with E-state index in [9.17, 15) is 18.0 Å². The molecule has 0 aliphatic carbocycles. The quantitative estimate of drug-likeness (QED) is 0.756. The second kappa shape index (κ2) is 9.30. The molecule has 0 bridgehead atoms. The first kappa shape index (κ1) is 22.0. The van der Waals surface area contributed by atoms with Crippen molar-refractivity contribution >= 4 is 24.0 Å². The summed E-state index contributed by atoms with van der Waals surface area (Å²) in [5, 5.41) is 5.94. The summed E-state index contributed by atoms with van der Waals surface area (Å²) in [6, 6.07) is 11.3. The van der Waals surface area contributed by atoms with E-state index in [1.165, 1.54) is 11.6 Å². The molecule has 2 N–H and O–H groups in total. The van der Waals surface area contributed by atoms with Crippen molar-refractivity contribution in [2.45, 2.75) is 25.7 Å². The molecule has 0 saturated carbocycles. The number of alkyl halides is 3. The van der Waals surface area contributed by atoms with Gasteiger partial charge in [0.1, 0.15) is 0 Å². The van der Waals surface area contributed by atoms with Crippen LogP contribution in [-0.2, 0) is 30.5 Å². The molecule has 2 aromatic carbocycles. The lowest BCUT2D eigenvalue weighted by Crippen LogP contribution is -2.35. The van der Waals surface area contributed by atoms with Crippen LogP contribution in [0.5, 0.6) is 0 Å². The van der Waals surface area contributed by atoms with Crippen LogP contribution in [0.4, 0.5) is 18.9 Å². The predicted octanol–water partition coefficient (Wildman–Crippen LogP) is 3.84. The molecule has 28 heavy (non-hydrogen) atoms. The van der Waals surface area contributed by atoms with Crippen LogP contribution in [0.15, 0.2) is 42.5 Å². The van der Waals surface area contributed by atoms with Crippen LogP contribution in [0.25, 0.3) is 0 Å². The maximum atomic E-state index is 13.0. The third-order valence-electron chi connectivity index (χ3n) is 4.63. The minimum atomic E-state index is -4.38. The lowest BCUT2D eigenvalue weighted by molar-refractivity contribution is -0.137. The predicted molar refractivity (Wildman–Crippen MR) is 106 cm³/mol. The highest BCUT2D eigenvalue weighted by molar-refractivity contribution is 5.85. The summed E-state index contributed by atoms with van der Waals surface area (Å²) in [6.45, 7) is 1.70. The summed E-state index contributed by atoms with van der Waals surface area (Å²) < 4.78 is 38.9. The number of benzene rings is 2. The average Bonchev–Trinajstić information content (AvgIpc) is 3.11. The van der Waals surface area contributed by atoms with Gasteiger partial charge in [0.05, 0.1) is 12.1 Å². The van der Waals surface area contributed by atoms with E-state index in [4.69, 9.17) is 0 Å². The van der Waals surface area contributed by atoms with Crippen LogP contribution in [-0.4, -0.2) is 30.9 Å². The second-order valence-electron chi connectivity index (χ2n) is 6.64. The summed E-state index contributed by atoms with van der Waals surface area (Å²) >= 11 is 0. The molecular formula is C20H23ClF3N3O. The van der Waals surface area contributed by atoms with Crippen LogP contribution in [0.3, 0.4) is 0 Å². The Bertz CT molecular complexity index is 827. The number of rotatable bonds is 6. The van der Waals surface area contributed by atoms with E-state index in [2.05, 4.69) is 16.7 Å². The van der Waals surface area contributed by atoms with Crippen molar-refractivity contribution in [3.05, 3.63) is 64.7 Å². The number of nitrogens with zero attached hydrogens (tertiary/aromatic N) is 1. The van der Waals surface area contributed by atoms with Gasteiger partial charge in [0, 0.05) is 32.4 Å².